The maximum atomic E-state index is 13.1. The second-order valence-electron chi connectivity index (χ2n) is 5.06. The third-order valence-electron chi connectivity index (χ3n) is 3.60. The number of rotatable bonds is 4. The Labute approximate surface area is 121 Å². The van der Waals surface area contributed by atoms with Crippen molar-refractivity contribution < 1.29 is 18.0 Å². The van der Waals surface area contributed by atoms with Gasteiger partial charge >= 0.3 is 6.18 Å². The molecule has 4 nitrogen and oxygen atoms in total. The van der Waals surface area contributed by atoms with Crippen molar-refractivity contribution >= 4 is 17.7 Å². The molecule has 116 valence electrons. The van der Waals surface area contributed by atoms with Gasteiger partial charge in [0.25, 0.3) is 0 Å². The molecule has 0 aliphatic carbocycles. The van der Waals surface area contributed by atoms with Gasteiger partial charge in [-0.05, 0) is 18.2 Å². The topological polar surface area (TPSA) is 49.6 Å². The molecule has 0 spiro atoms. The van der Waals surface area contributed by atoms with Gasteiger partial charge in [-0.3, -0.25) is 4.90 Å². The van der Waals surface area contributed by atoms with Crippen LogP contribution in [0.15, 0.2) is 18.2 Å². The summed E-state index contributed by atoms with van der Waals surface area (Å²) in [5.74, 6) is 0. The quantitative estimate of drug-likeness (QED) is 0.682. The van der Waals surface area contributed by atoms with Crippen molar-refractivity contribution in [1.82, 2.24) is 4.90 Å². The highest BCUT2D eigenvalue weighted by Crippen LogP contribution is 2.38. The van der Waals surface area contributed by atoms with Crippen LogP contribution in [0.3, 0.4) is 0 Å². The van der Waals surface area contributed by atoms with Gasteiger partial charge in [-0.2, -0.15) is 13.2 Å². The van der Waals surface area contributed by atoms with Crippen LogP contribution in [0.1, 0.15) is 12.0 Å². The number of carbonyl (C=O) groups excluding carboxylic acids is 1. The molecule has 1 aromatic carbocycles. The SMILES string of the molecule is Nc1ccc(N2CCN(CCC=O)CC2)c(C(F)(F)F)c1. The molecule has 1 saturated heterocycles. The van der Waals surface area contributed by atoms with Gasteiger partial charge in [0.15, 0.2) is 0 Å². The normalized spacial score (nSPS) is 17.0. The maximum absolute atomic E-state index is 13.1. The largest absolute Gasteiger partial charge is 0.418 e. The van der Waals surface area contributed by atoms with Crippen LogP contribution in [0.4, 0.5) is 24.5 Å². The fourth-order valence-corrected chi connectivity index (χ4v) is 2.50. The molecule has 2 rings (SSSR count). The summed E-state index contributed by atoms with van der Waals surface area (Å²) >= 11 is 0. The lowest BCUT2D eigenvalue weighted by molar-refractivity contribution is -0.137. The highest BCUT2D eigenvalue weighted by molar-refractivity contribution is 5.61. The molecule has 1 aliphatic rings. The average molecular weight is 301 g/mol. The molecule has 0 aromatic heterocycles. The monoisotopic (exact) mass is 301 g/mol. The van der Waals surface area contributed by atoms with E-state index in [1.165, 1.54) is 12.1 Å². The summed E-state index contributed by atoms with van der Waals surface area (Å²) in [5, 5.41) is 0. The number of anilines is 2. The fraction of sp³-hybridized carbons (Fsp3) is 0.500. The summed E-state index contributed by atoms with van der Waals surface area (Å²) in [6.45, 7) is 2.97. The van der Waals surface area contributed by atoms with E-state index in [2.05, 4.69) is 4.90 Å². The highest BCUT2D eigenvalue weighted by atomic mass is 19.4. The molecule has 0 atom stereocenters. The second-order valence-corrected chi connectivity index (χ2v) is 5.06. The summed E-state index contributed by atoms with van der Waals surface area (Å²) < 4.78 is 39.3. The Morgan fingerprint density at radius 2 is 1.86 bits per heavy atom. The highest BCUT2D eigenvalue weighted by Gasteiger charge is 2.35. The Morgan fingerprint density at radius 3 is 2.43 bits per heavy atom. The summed E-state index contributed by atoms with van der Waals surface area (Å²) in [7, 11) is 0. The first kappa shape index (κ1) is 15.6. The molecular weight excluding hydrogens is 283 g/mol. The molecule has 0 unspecified atom stereocenters. The van der Waals surface area contributed by atoms with Gasteiger partial charge in [0.2, 0.25) is 0 Å². The number of nitrogen functional groups attached to an aromatic ring is 1. The molecule has 1 fully saturated rings. The van der Waals surface area contributed by atoms with Crippen LogP contribution in [0, 0.1) is 0 Å². The minimum absolute atomic E-state index is 0.107. The van der Waals surface area contributed by atoms with Crippen LogP contribution in [-0.4, -0.2) is 43.9 Å². The number of nitrogens with two attached hydrogens (primary N) is 1. The molecule has 2 N–H and O–H groups in total. The molecule has 0 amide bonds. The van der Waals surface area contributed by atoms with E-state index in [1.807, 2.05) is 0 Å². The first-order chi connectivity index (χ1) is 9.91. The van der Waals surface area contributed by atoms with E-state index in [0.29, 0.717) is 39.1 Å². The van der Waals surface area contributed by atoms with Crippen molar-refractivity contribution in [2.45, 2.75) is 12.6 Å². The van der Waals surface area contributed by atoms with Gasteiger partial charge in [0.05, 0.1) is 5.56 Å². The predicted octanol–water partition coefficient (Wildman–Crippen LogP) is 2.00. The van der Waals surface area contributed by atoms with Crippen LogP contribution >= 0.6 is 0 Å². The van der Waals surface area contributed by atoms with Gasteiger partial charge in [-0.1, -0.05) is 0 Å². The zero-order valence-corrected chi connectivity index (χ0v) is 11.6. The molecular formula is C14H18F3N3O. The summed E-state index contributed by atoms with van der Waals surface area (Å²) in [6, 6.07) is 3.90. The fourth-order valence-electron chi connectivity index (χ4n) is 2.50. The standard InChI is InChI=1S/C14H18F3N3O/c15-14(16,17)12-10-11(18)2-3-13(12)20-7-5-19(6-8-20)4-1-9-21/h2-3,9-10H,1,4-8,18H2. The van der Waals surface area contributed by atoms with Gasteiger partial charge in [-0.25, -0.2) is 0 Å². The molecule has 0 saturated carbocycles. The Kier molecular flexibility index (Phi) is 4.72. The molecule has 7 heteroatoms. The van der Waals surface area contributed by atoms with E-state index >= 15 is 0 Å². The summed E-state index contributed by atoms with van der Waals surface area (Å²) in [4.78, 5) is 14.1. The van der Waals surface area contributed by atoms with E-state index in [0.717, 1.165) is 12.4 Å². The lowest BCUT2D eigenvalue weighted by Crippen LogP contribution is -2.47. The Hall–Kier alpha value is -1.76. The third-order valence-corrected chi connectivity index (χ3v) is 3.60. The van der Waals surface area contributed by atoms with Gasteiger partial charge in [0, 0.05) is 50.5 Å². The van der Waals surface area contributed by atoms with Gasteiger partial charge in [-0.15, -0.1) is 0 Å². The van der Waals surface area contributed by atoms with E-state index in [-0.39, 0.29) is 11.4 Å². The number of carbonyl (C=O) groups is 1. The molecule has 21 heavy (non-hydrogen) atoms. The Bertz CT molecular complexity index is 497. The second kappa shape index (κ2) is 6.34. The van der Waals surface area contributed by atoms with Gasteiger partial charge in [0.1, 0.15) is 6.29 Å². The number of piperazine rings is 1. The third kappa shape index (κ3) is 3.87. The van der Waals surface area contributed by atoms with Crippen LogP contribution in [0.2, 0.25) is 0 Å². The van der Waals surface area contributed by atoms with E-state index in [4.69, 9.17) is 5.73 Å². The lowest BCUT2D eigenvalue weighted by atomic mass is 10.1. The van der Waals surface area contributed by atoms with E-state index in [9.17, 15) is 18.0 Å². The van der Waals surface area contributed by atoms with E-state index < -0.39 is 11.7 Å². The first-order valence-corrected chi connectivity index (χ1v) is 6.79. The van der Waals surface area contributed by atoms with E-state index in [1.54, 1.807) is 4.90 Å². The van der Waals surface area contributed by atoms with Crippen molar-refractivity contribution in [2.75, 3.05) is 43.4 Å². The number of aldehydes is 1. The van der Waals surface area contributed by atoms with Crippen molar-refractivity contribution in [3.05, 3.63) is 23.8 Å². The van der Waals surface area contributed by atoms with Crippen molar-refractivity contribution in [3.63, 3.8) is 0 Å². The Balaban J connectivity index is 2.11. The molecule has 1 aromatic rings. The number of alkyl halides is 3. The minimum atomic E-state index is -4.42. The number of hydrogen-bond acceptors (Lipinski definition) is 4. The number of benzene rings is 1. The zero-order valence-electron chi connectivity index (χ0n) is 11.6. The predicted molar refractivity (Wildman–Crippen MR) is 75.2 cm³/mol. The number of halogens is 3. The van der Waals surface area contributed by atoms with Crippen LogP contribution in [-0.2, 0) is 11.0 Å². The van der Waals surface area contributed by atoms with Gasteiger partial charge < -0.3 is 15.4 Å². The molecule has 0 radical (unpaired) electrons. The molecule has 0 bridgehead atoms. The summed E-state index contributed by atoms with van der Waals surface area (Å²) in [6.07, 6.45) is -3.11. The van der Waals surface area contributed by atoms with Crippen LogP contribution < -0.4 is 10.6 Å². The first-order valence-electron chi connectivity index (χ1n) is 6.79. The number of nitrogens with zero attached hydrogens (tertiary/aromatic N) is 2. The molecule has 1 aliphatic heterocycles. The Morgan fingerprint density at radius 1 is 1.19 bits per heavy atom. The van der Waals surface area contributed by atoms with Crippen molar-refractivity contribution in [1.29, 1.82) is 0 Å². The minimum Gasteiger partial charge on any atom is -0.399 e. The zero-order chi connectivity index (χ0) is 15.5. The number of hydrogen-bond donors (Lipinski definition) is 1. The van der Waals surface area contributed by atoms with Crippen molar-refractivity contribution in [3.8, 4) is 0 Å². The average Bonchev–Trinajstić information content (AvgIpc) is 2.45. The van der Waals surface area contributed by atoms with Crippen LogP contribution in [0.5, 0.6) is 0 Å². The van der Waals surface area contributed by atoms with Crippen LogP contribution in [0.25, 0.3) is 0 Å². The molecule has 1 heterocycles. The summed E-state index contributed by atoms with van der Waals surface area (Å²) in [5.41, 5.74) is 5.06. The lowest BCUT2D eigenvalue weighted by Gasteiger charge is -2.37. The van der Waals surface area contributed by atoms with Crippen molar-refractivity contribution in [2.24, 2.45) is 0 Å². The maximum Gasteiger partial charge on any atom is 0.418 e. The smallest absolute Gasteiger partial charge is 0.399 e.